The van der Waals surface area contributed by atoms with E-state index in [2.05, 4.69) is 29.5 Å². The van der Waals surface area contributed by atoms with E-state index in [-0.39, 0.29) is 12.2 Å². The number of fused-ring (bicyclic) bond motifs is 1. The highest BCUT2D eigenvalue weighted by molar-refractivity contribution is 6.01. The Morgan fingerprint density at radius 2 is 1.85 bits per heavy atom. The monoisotopic (exact) mass is 547 g/mol. The number of nitrogens with one attached hydrogen (secondary N) is 1. The van der Waals surface area contributed by atoms with Crippen molar-refractivity contribution in [3.8, 4) is 11.5 Å². The third-order valence-electron chi connectivity index (χ3n) is 6.39. The van der Waals surface area contributed by atoms with E-state index in [0.29, 0.717) is 47.2 Å². The van der Waals surface area contributed by atoms with Gasteiger partial charge in [0.15, 0.2) is 11.5 Å². The van der Waals surface area contributed by atoms with Crippen LogP contribution < -0.4 is 19.7 Å². The quantitative estimate of drug-likeness (QED) is 0.271. The second-order valence-corrected chi connectivity index (χ2v) is 9.70. The number of para-hydroxylation sites is 1. The molecule has 1 N–H and O–H groups in total. The lowest BCUT2D eigenvalue weighted by atomic mass is 10.0. The summed E-state index contributed by atoms with van der Waals surface area (Å²) < 4.78 is 27.2. The molecule has 0 aliphatic rings. The molecule has 9 nitrogen and oxygen atoms in total. The minimum atomic E-state index is -1.14. The normalized spacial score (nSPS) is 11.8. The topological polar surface area (TPSA) is 98.6 Å². The van der Waals surface area contributed by atoms with E-state index in [1.165, 1.54) is 34.9 Å². The van der Waals surface area contributed by atoms with Crippen LogP contribution in [0.1, 0.15) is 38.8 Å². The lowest BCUT2D eigenvalue weighted by molar-refractivity contribution is -0.127. The zero-order valence-corrected chi connectivity index (χ0v) is 23.1. The van der Waals surface area contributed by atoms with E-state index in [1.54, 1.807) is 30.3 Å². The van der Waals surface area contributed by atoms with Crippen LogP contribution in [0.2, 0.25) is 0 Å². The van der Waals surface area contributed by atoms with Crippen molar-refractivity contribution in [1.82, 2.24) is 20.3 Å². The molecule has 40 heavy (non-hydrogen) atoms. The zero-order chi connectivity index (χ0) is 28.6. The predicted molar refractivity (Wildman–Crippen MR) is 151 cm³/mol. The lowest BCUT2D eigenvalue weighted by Gasteiger charge is -2.32. The zero-order valence-electron chi connectivity index (χ0n) is 23.1. The van der Waals surface area contributed by atoms with E-state index < -0.39 is 23.7 Å². The van der Waals surface area contributed by atoms with Gasteiger partial charge in [0.05, 0.1) is 19.2 Å². The van der Waals surface area contributed by atoms with Crippen molar-refractivity contribution >= 4 is 28.5 Å². The van der Waals surface area contributed by atoms with Crippen LogP contribution in [0.4, 0.5) is 10.1 Å². The van der Waals surface area contributed by atoms with E-state index in [9.17, 15) is 14.0 Å². The first-order chi connectivity index (χ1) is 19.3. The molecule has 0 aliphatic heterocycles. The number of benzene rings is 3. The van der Waals surface area contributed by atoms with Crippen molar-refractivity contribution in [2.75, 3.05) is 25.2 Å². The molecular weight excluding hydrogens is 513 g/mol. The first kappa shape index (κ1) is 28.5. The number of halogens is 1. The standard InChI is InChI=1S/C30H34FN5O4/c1-5-40-26-14-13-21(17-27(26)39-4)29(30(38)32-16-15-20(2)3)36(23-10-8-9-22(31)18-23)28(37)19-35-25-12-7-6-11-24(25)33-34-35/h6-14,17-18,20,29H,5,15-16,19H2,1-4H3,(H,32,38)/t29-/m0/s1. The SMILES string of the molecule is CCOc1ccc([C@@H](C(=O)NCCC(C)C)N(C(=O)Cn2nnc3ccccc32)c2cccc(F)c2)cc1OC. The van der Waals surface area contributed by atoms with E-state index >= 15 is 0 Å². The highest BCUT2D eigenvalue weighted by atomic mass is 19.1. The lowest BCUT2D eigenvalue weighted by Crippen LogP contribution is -2.45. The summed E-state index contributed by atoms with van der Waals surface area (Å²) in [6.45, 7) is 6.60. The molecular formula is C30H34FN5O4. The van der Waals surface area contributed by atoms with Crippen LogP contribution in [0, 0.1) is 11.7 Å². The fourth-order valence-corrected chi connectivity index (χ4v) is 4.43. The maximum absolute atomic E-state index is 14.5. The van der Waals surface area contributed by atoms with Crippen LogP contribution in [0.3, 0.4) is 0 Å². The number of methoxy groups -OCH3 is 1. The largest absolute Gasteiger partial charge is 0.493 e. The average Bonchev–Trinajstić information content (AvgIpc) is 3.34. The summed E-state index contributed by atoms with van der Waals surface area (Å²) in [6, 6.07) is 16.8. The highest BCUT2D eigenvalue weighted by Gasteiger charge is 2.34. The number of anilines is 1. The van der Waals surface area contributed by atoms with Gasteiger partial charge >= 0.3 is 0 Å². The van der Waals surface area contributed by atoms with Crippen LogP contribution in [0.25, 0.3) is 11.0 Å². The molecule has 10 heteroatoms. The summed E-state index contributed by atoms with van der Waals surface area (Å²) in [5, 5.41) is 11.2. The van der Waals surface area contributed by atoms with Gasteiger partial charge < -0.3 is 14.8 Å². The molecule has 0 radical (unpaired) electrons. The van der Waals surface area contributed by atoms with Gasteiger partial charge in [-0.25, -0.2) is 9.07 Å². The molecule has 3 aromatic carbocycles. The summed E-state index contributed by atoms with van der Waals surface area (Å²) in [5.41, 5.74) is 2.00. The van der Waals surface area contributed by atoms with Crippen LogP contribution in [-0.2, 0) is 16.1 Å². The molecule has 0 fully saturated rings. The fraction of sp³-hybridized carbons (Fsp3) is 0.333. The smallest absolute Gasteiger partial charge is 0.249 e. The number of ether oxygens (including phenoxy) is 2. The van der Waals surface area contributed by atoms with Crippen molar-refractivity contribution in [3.63, 3.8) is 0 Å². The molecule has 1 atom stereocenters. The van der Waals surface area contributed by atoms with Crippen molar-refractivity contribution in [2.24, 2.45) is 5.92 Å². The Hall–Kier alpha value is -4.47. The number of hydrogen-bond acceptors (Lipinski definition) is 6. The molecule has 0 aliphatic carbocycles. The Kier molecular flexibility index (Phi) is 9.31. The van der Waals surface area contributed by atoms with Crippen LogP contribution in [0.15, 0.2) is 66.7 Å². The van der Waals surface area contributed by atoms with Gasteiger partial charge in [0.2, 0.25) is 11.8 Å². The van der Waals surface area contributed by atoms with Gasteiger partial charge in [0.1, 0.15) is 23.9 Å². The summed E-state index contributed by atoms with van der Waals surface area (Å²) in [5.74, 6) is -0.139. The molecule has 2 amide bonds. The second-order valence-electron chi connectivity index (χ2n) is 9.70. The van der Waals surface area contributed by atoms with Crippen molar-refractivity contribution in [3.05, 3.63) is 78.1 Å². The number of aromatic nitrogens is 3. The first-order valence-electron chi connectivity index (χ1n) is 13.3. The van der Waals surface area contributed by atoms with Gasteiger partial charge in [-0.1, -0.05) is 43.3 Å². The maximum atomic E-state index is 14.5. The summed E-state index contributed by atoms with van der Waals surface area (Å²) in [4.78, 5) is 29.2. The van der Waals surface area contributed by atoms with E-state index in [4.69, 9.17) is 9.47 Å². The minimum absolute atomic E-state index is 0.221. The van der Waals surface area contributed by atoms with Crippen molar-refractivity contribution in [1.29, 1.82) is 0 Å². The third kappa shape index (κ3) is 6.56. The third-order valence-corrected chi connectivity index (χ3v) is 6.39. The van der Waals surface area contributed by atoms with Gasteiger partial charge in [0, 0.05) is 12.2 Å². The highest BCUT2D eigenvalue weighted by Crippen LogP contribution is 2.35. The first-order valence-corrected chi connectivity index (χ1v) is 13.3. The maximum Gasteiger partial charge on any atom is 0.249 e. The number of nitrogens with zero attached hydrogens (tertiary/aromatic N) is 4. The van der Waals surface area contributed by atoms with Gasteiger partial charge in [-0.15, -0.1) is 5.10 Å². The van der Waals surface area contributed by atoms with Crippen molar-refractivity contribution in [2.45, 2.75) is 39.8 Å². The fourth-order valence-electron chi connectivity index (χ4n) is 4.43. The summed E-state index contributed by atoms with van der Waals surface area (Å²) in [6.07, 6.45) is 0.754. The molecule has 0 saturated carbocycles. The van der Waals surface area contributed by atoms with Gasteiger partial charge in [-0.3, -0.25) is 14.5 Å². The van der Waals surface area contributed by atoms with Crippen LogP contribution in [-0.4, -0.2) is 47.1 Å². The number of carbonyl (C=O) groups excluding carboxylic acids is 2. The molecule has 4 aromatic rings. The molecule has 0 saturated heterocycles. The van der Waals surface area contributed by atoms with Crippen LogP contribution >= 0.6 is 0 Å². The van der Waals surface area contributed by atoms with Crippen molar-refractivity contribution < 1.29 is 23.5 Å². The Morgan fingerprint density at radius 1 is 1.05 bits per heavy atom. The number of amides is 2. The average molecular weight is 548 g/mol. The minimum Gasteiger partial charge on any atom is -0.493 e. The van der Waals surface area contributed by atoms with E-state index in [1.807, 2.05) is 25.1 Å². The van der Waals surface area contributed by atoms with Crippen LogP contribution in [0.5, 0.6) is 11.5 Å². The predicted octanol–water partition coefficient (Wildman–Crippen LogP) is 4.91. The number of rotatable bonds is 12. The molecule has 0 bridgehead atoms. The molecule has 4 rings (SSSR count). The number of carbonyl (C=O) groups is 2. The molecule has 210 valence electrons. The Morgan fingerprint density at radius 3 is 2.58 bits per heavy atom. The van der Waals surface area contributed by atoms with Gasteiger partial charge in [0.25, 0.3) is 0 Å². The molecule has 1 aromatic heterocycles. The Balaban J connectivity index is 1.81. The Bertz CT molecular complexity index is 1470. The second kappa shape index (κ2) is 13.1. The Labute approximate surface area is 232 Å². The molecule has 0 spiro atoms. The summed E-state index contributed by atoms with van der Waals surface area (Å²) >= 11 is 0. The summed E-state index contributed by atoms with van der Waals surface area (Å²) in [7, 11) is 1.50. The molecule has 1 heterocycles. The van der Waals surface area contributed by atoms with Gasteiger partial charge in [-0.2, -0.15) is 0 Å². The van der Waals surface area contributed by atoms with Gasteiger partial charge in [-0.05, 0) is 67.3 Å². The number of hydrogen-bond donors (Lipinski definition) is 1. The molecule has 0 unspecified atom stereocenters. The van der Waals surface area contributed by atoms with E-state index in [0.717, 1.165) is 6.42 Å².